The van der Waals surface area contributed by atoms with E-state index in [1.807, 2.05) is 19.1 Å². The van der Waals surface area contributed by atoms with Crippen LogP contribution in [0.25, 0.3) is 11.3 Å². The molecule has 3 aromatic rings. The second kappa shape index (κ2) is 7.48. The Bertz CT molecular complexity index is 1100. The summed E-state index contributed by atoms with van der Waals surface area (Å²) in [5.41, 5.74) is 3.19. The first-order valence-corrected chi connectivity index (χ1v) is 9.55. The lowest BCUT2D eigenvalue weighted by atomic mass is 10.1. The maximum absolute atomic E-state index is 12.6. The molecule has 1 aromatic heterocycles. The van der Waals surface area contributed by atoms with Crippen LogP contribution in [0.5, 0.6) is 5.75 Å². The number of rotatable bonds is 5. The van der Waals surface area contributed by atoms with Crippen LogP contribution in [0.4, 0.5) is 5.69 Å². The molecule has 0 aliphatic carbocycles. The van der Waals surface area contributed by atoms with Crippen LogP contribution in [0, 0.1) is 18.3 Å². The fraction of sp³-hybridized carbons (Fsp3) is 0.100. The largest absolute Gasteiger partial charge is 0.497 e. The van der Waals surface area contributed by atoms with Crippen molar-refractivity contribution in [2.75, 3.05) is 11.8 Å². The highest BCUT2D eigenvalue weighted by molar-refractivity contribution is 7.92. The quantitative estimate of drug-likeness (QED) is 0.729. The summed E-state index contributed by atoms with van der Waals surface area (Å²) >= 11 is 0. The highest BCUT2D eigenvalue weighted by atomic mass is 32.2. The Morgan fingerprint density at radius 3 is 2.41 bits per heavy atom. The van der Waals surface area contributed by atoms with E-state index in [-0.39, 0.29) is 4.90 Å². The molecule has 0 aliphatic rings. The summed E-state index contributed by atoms with van der Waals surface area (Å²) in [6.07, 6.45) is 1.48. The molecular formula is C20H17N3O3S. The Labute approximate surface area is 158 Å². The zero-order chi connectivity index (χ0) is 19.4. The number of hydrogen-bond acceptors (Lipinski definition) is 5. The molecule has 1 N–H and O–H groups in total. The molecule has 136 valence electrons. The number of sulfonamides is 1. The van der Waals surface area contributed by atoms with Gasteiger partial charge in [0, 0.05) is 17.4 Å². The van der Waals surface area contributed by atoms with Crippen LogP contribution < -0.4 is 9.46 Å². The number of aryl methyl sites for hydroxylation is 1. The van der Waals surface area contributed by atoms with E-state index in [1.54, 1.807) is 36.4 Å². The first-order valence-electron chi connectivity index (χ1n) is 8.06. The minimum atomic E-state index is -3.73. The van der Waals surface area contributed by atoms with Crippen LogP contribution in [0.15, 0.2) is 65.7 Å². The lowest BCUT2D eigenvalue weighted by molar-refractivity contribution is 0.414. The van der Waals surface area contributed by atoms with Crippen LogP contribution in [0.1, 0.15) is 11.1 Å². The number of nitrogens with one attached hydrogen (secondary N) is 1. The third-order valence-electron chi connectivity index (χ3n) is 3.89. The maximum atomic E-state index is 12.6. The molecule has 0 atom stereocenters. The minimum Gasteiger partial charge on any atom is -0.497 e. The summed E-state index contributed by atoms with van der Waals surface area (Å²) in [5, 5.41) is 8.88. The van der Waals surface area contributed by atoms with Crippen LogP contribution in [0.2, 0.25) is 0 Å². The van der Waals surface area contributed by atoms with E-state index in [4.69, 9.17) is 10.00 Å². The number of benzene rings is 2. The van der Waals surface area contributed by atoms with Crippen molar-refractivity contribution in [3.63, 3.8) is 0 Å². The fourth-order valence-electron chi connectivity index (χ4n) is 2.59. The zero-order valence-electron chi connectivity index (χ0n) is 14.8. The van der Waals surface area contributed by atoms with Crippen molar-refractivity contribution < 1.29 is 13.2 Å². The molecule has 0 spiro atoms. The van der Waals surface area contributed by atoms with Gasteiger partial charge in [-0.05, 0) is 67.1 Å². The molecule has 0 radical (unpaired) electrons. The molecule has 6 nitrogen and oxygen atoms in total. The molecule has 0 aliphatic heterocycles. The van der Waals surface area contributed by atoms with Gasteiger partial charge in [0.2, 0.25) is 0 Å². The molecule has 0 unspecified atom stereocenters. The van der Waals surface area contributed by atoms with Gasteiger partial charge in [0.05, 0.1) is 23.3 Å². The molecule has 3 rings (SSSR count). The van der Waals surface area contributed by atoms with Gasteiger partial charge >= 0.3 is 0 Å². The fourth-order valence-corrected chi connectivity index (χ4v) is 3.63. The summed E-state index contributed by atoms with van der Waals surface area (Å²) in [6.45, 7) is 1.87. The lowest BCUT2D eigenvalue weighted by Crippen LogP contribution is -2.13. The second-order valence-electron chi connectivity index (χ2n) is 5.91. The van der Waals surface area contributed by atoms with Gasteiger partial charge in [-0.15, -0.1) is 0 Å². The third-order valence-corrected chi connectivity index (χ3v) is 5.28. The molecule has 0 bridgehead atoms. The predicted octanol–water partition coefficient (Wildman–Crippen LogP) is 3.74. The van der Waals surface area contributed by atoms with Crippen LogP contribution in [-0.4, -0.2) is 20.5 Å². The topological polar surface area (TPSA) is 92.1 Å². The number of ether oxygens (including phenoxy) is 1. The number of anilines is 1. The molecule has 7 heteroatoms. The minimum absolute atomic E-state index is 0.142. The molecule has 0 fully saturated rings. The smallest absolute Gasteiger partial charge is 0.261 e. The third kappa shape index (κ3) is 4.25. The van der Waals surface area contributed by atoms with E-state index < -0.39 is 10.0 Å². The van der Waals surface area contributed by atoms with Crippen molar-refractivity contribution in [2.45, 2.75) is 11.8 Å². The number of nitriles is 1. The van der Waals surface area contributed by atoms with Gasteiger partial charge in [-0.3, -0.25) is 9.71 Å². The van der Waals surface area contributed by atoms with Gasteiger partial charge in [-0.2, -0.15) is 5.26 Å². The van der Waals surface area contributed by atoms with Gasteiger partial charge < -0.3 is 4.74 Å². The molecular weight excluding hydrogens is 362 g/mol. The van der Waals surface area contributed by atoms with Crippen molar-refractivity contribution in [2.24, 2.45) is 0 Å². The zero-order valence-corrected chi connectivity index (χ0v) is 15.6. The Morgan fingerprint density at radius 2 is 1.81 bits per heavy atom. The number of pyridine rings is 1. The lowest BCUT2D eigenvalue weighted by Gasteiger charge is -2.11. The van der Waals surface area contributed by atoms with Crippen LogP contribution in [-0.2, 0) is 10.0 Å². The average molecular weight is 379 g/mol. The predicted molar refractivity (Wildman–Crippen MR) is 103 cm³/mol. The Hall–Kier alpha value is -3.37. The molecule has 2 aromatic carbocycles. The molecule has 1 heterocycles. The Kier molecular flexibility index (Phi) is 5.10. The maximum Gasteiger partial charge on any atom is 0.261 e. The number of nitrogens with zero attached hydrogens (tertiary/aromatic N) is 2. The average Bonchev–Trinajstić information content (AvgIpc) is 2.67. The summed E-state index contributed by atoms with van der Waals surface area (Å²) < 4.78 is 32.9. The van der Waals surface area contributed by atoms with Crippen molar-refractivity contribution in [3.8, 4) is 23.1 Å². The molecule has 0 saturated carbocycles. The van der Waals surface area contributed by atoms with E-state index >= 15 is 0 Å². The monoisotopic (exact) mass is 379 g/mol. The summed E-state index contributed by atoms with van der Waals surface area (Å²) in [6, 6.07) is 16.9. The van der Waals surface area contributed by atoms with Crippen LogP contribution >= 0.6 is 0 Å². The number of hydrogen-bond donors (Lipinski definition) is 1. The van der Waals surface area contributed by atoms with Gasteiger partial charge in [-0.25, -0.2) is 8.42 Å². The number of aromatic nitrogens is 1. The highest BCUT2D eigenvalue weighted by Gasteiger charge is 2.15. The van der Waals surface area contributed by atoms with Crippen molar-refractivity contribution in [1.82, 2.24) is 4.98 Å². The molecule has 0 saturated heterocycles. The first kappa shape index (κ1) is 18.4. The SMILES string of the molecule is COc1ccc(S(=O)(=O)Nc2cc(C)cc(-c3ccc(C#N)cn3)c2)cc1. The van der Waals surface area contributed by atoms with Gasteiger partial charge in [0.1, 0.15) is 11.8 Å². The van der Waals surface area contributed by atoms with E-state index in [1.165, 1.54) is 25.4 Å². The van der Waals surface area contributed by atoms with Gasteiger partial charge in [-0.1, -0.05) is 0 Å². The molecule has 0 amide bonds. The Morgan fingerprint density at radius 1 is 1.07 bits per heavy atom. The van der Waals surface area contributed by atoms with Gasteiger partial charge in [0.25, 0.3) is 10.0 Å². The first-order chi connectivity index (χ1) is 12.9. The van der Waals surface area contributed by atoms with Crippen molar-refractivity contribution >= 4 is 15.7 Å². The van der Waals surface area contributed by atoms with E-state index in [0.29, 0.717) is 22.7 Å². The van der Waals surface area contributed by atoms with Crippen molar-refractivity contribution in [3.05, 3.63) is 71.9 Å². The number of methoxy groups -OCH3 is 1. The summed E-state index contributed by atoms with van der Waals surface area (Å²) in [7, 11) is -2.21. The highest BCUT2D eigenvalue weighted by Crippen LogP contribution is 2.26. The molecule has 27 heavy (non-hydrogen) atoms. The van der Waals surface area contributed by atoms with E-state index in [9.17, 15) is 8.42 Å². The van der Waals surface area contributed by atoms with Crippen molar-refractivity contribution in [1.29, 1.82) is 5.26 Å². The Balaban J connectivity index is 1.92. The summed E-state index contributed by atoms with van der Waals surface area (Å²) in [4.78, 5) is 4.40. The normalized spacial score (nSPS) is 10.9. The van der Waals surface area contributed by atoms with Gasteiger partial charge in [0.15, 0.2) is 0 Å². The van der Waals surface area contributed by atoms with E-state index in [0.717, 1.165) is 11.1 Å². The van der Waals surface area contributed by atoms with E-state index in [2.05, 4.69) is 9.71 Å². The standard InChI is InChI=1S/C20H17N3O3S/c1-14-9-16(20-8-3-15(12-21)13-22-20)11-17(10-14)23-27(24,25)19-6-4-18(26-2)5-7-19/h3-11,13,23H,1-2H3. The second-order valence-corrected chi connectivity index (χ2v) is 7.60. The summed E-state index contributed by atoms with van der Waals surface area (Å²) in [5.74, 6) is 0.582. The van der Waals surface area contributed by atoms with Crippen LogP contribution in [0.3, 0.4) is 0 Å².